The summed E-state index contributed by atoms with van der Waals surface area (Å²) in [6.45, 7) is 1.92. The lowest BCUT2D eigenvalue weighted by Crippen LogP contribution is -2.12. The summed E-state index contributed by atoms with van der Waals surface area (Å²) >= 11 is 1.39. The second-order valence-corrected chi connectivity index (χ2v) is 10.4. The molecular formula is C24H23NO3S2. The summed E-state index contributed by atoms with van der Waals surface area (Å²) in [5.41, 5.74) is 2.78. The predicted octanol–water partition coefficient (Wildman–Crippen LogP) is 5.42. The van der Waals surface area contributed by atoms with E-state index < -0.39 is 9.84 Å². The number of carbonyl (C=O) groups is 1. The molecule has 0 saturated carbocycles. The normalized spacial score (nSPS) is 13.9. The van der Waals surface area contributed by atoms with Crippen molar-refractivity contribution in [2.45, 2.75) is 42.4 Å². The van der Waals surface area contributed by atoms with E-state index in [1.807, 2.05) is 37.3 Å². The number of thiophene rings is 1. The highest BCUT2D eigenvalue weighted by atomic mass is 32.2. The second kappa shape index (κ2) is 8.58. The fraction of sp³-hybridized carbons (Fsp3) is 0.208. The smallest absolute Gasteiger partial charge is 0.249 e. The van der Waals surface area contributed by atoms with Crippen LogP contribution in [0.5, 0.6) is 0 Å². The number of amides is 1. The van der Waals surface area contributed by atoms with Crippen molar-refractivity contribution >= 4 is 38.2 Å². The Morgan fingerprint density at radius 3 is 2.43 bits per heavy atom. The van der Waals surface area contributed by atoms with Gasteiger partial charge in [-0.1, -0.05) is 48.0 Å². The molecule has 1 aliphatic carbocycles. The lowest BCUT2D eigenvalue weighted by molar-refractivity contribution is -0.111. The summed E-state index contributed by atoms with van der Waals surface area (Å²) in [5, 5.41) is 3.26. The van der Waals surface area contributed by atoms with Crippen LogP contribution in [0, 0.1) is 6.92 Å². The van der Waals surface area contributed by atoms with E-state index in [9.17, 15) is 13.2 Å². The maximum atomic E-state index is 13.5. The van der Waals surface area contributed by atoms with Gasteiger partial charge in [0.1, 0.15) is 9.90 Å². The van der Waals surface area contributed by atoms with Crippen LogP contribution in [0.2, 0.25) is 0 Å². The maximum Gasteiger partial charge on any atom is 0.249 e. The van der Waals surface area contributed by atoms with Gasteiger partial charge in [0.2, 0.25) is 15.7 Å². The molecule has 2 aromatic carbocycles. The highest BCUT2D eigenvalue weighted by Crippen LogP contribution is 2.43. The monoisotopic (exact) mass is 437 g/mol. The van der Waals surface area contributed by atoms with Gasteiger partial charge in [0.05, 0.1) is 4.90 Å². The lowest BCUT2D eigenvalue weighted by Gasteiger charge is -2.13. The Hall–Kier alpha value is -2.70. The van der Waals surface area contributed by atoms with Crippen molar-refractivity contribution in [1.82, 2.24) is 0 Å². The number of hydrogen-bond donors (Lipinski definition) is 1. The van der Waals surface area contributed by atoms with E-state index in [0.717, 1.165) is 47.3 Å². The van der Waals surface area contributed by atoms with Crippen LogP contribution < -0.4 is 5.32 Å². The van der Waals surface area contributed by atoms with Gasteiger partial charge in [0, 0.05) is 11.0 Å². The molecule has 0 atom stereocenters. The maximum absolute atomic E-state index is 13.5. The van der Waals surface area contributed by atoms with Crippen LogP contribution in [0.25, 0.3) is 6.08 Å². The van der Waals surface area contributed by atoms with Crippen LogP contribution >= 0.6 is 11.3 Å². The summed E-state index contributed by atoms with van der Waals surface area (Å²) in [4.78, 5) is 14.2. The van der Waals surface area contributed by atoms with Crippen molar-refractivity contribution < 1.29 is 13.2 Å². The average Bonchev–Trinajstić information content (AvgIpc) is 3.12. The Labute approximate surface area is 181 Å². The molecule has 4 rings (SSSR count). The van der Waals surface area contributed by atoms with Gasteiger partial charge in [0.15, 0.2) is 0 Å². The van der Waals surface area contributed by atoms with Gasteiger partial charge in [-0.3, -0.25) is 4.79 Å². The lowest BCUT2D eigenvalue weighted by atomic mass is 9.99. The third-order valence-electron chi connectivity index (χ3n) is 5.19. The third-order valence-corrected chi connectivity index (χ3v) is 8.40. The molecule has 30 heavy (non-hydrogen) atoms. The SMILES string of the molecule is Cc1ccc(S(=O)(=O)c2c(NC(=O)/C=C/c3ccccc3)sc3c2CCCC3)cc1. The van der Waals surface area contributed by atoms with Crippen LogP contribution in [-0.4, -0.2) is 14.3 Å². The molecule has 1 heterocycles. The second-order valence-electron chi connectivity index (χ2n) is 7.42. The number of benzene rings is 2. The van der Waals surface area contributed by atoms with E-state index in [1.54, 1.807) is 30.3 Å². The molecule has 1 aromatic heterocycles. The molecule has 154 valence electrons. The predicted molar refractivity (Wildman–Crippen MR) is 122 cm³/mol. The molecule has 0 bridgehead atoms. The van der Waals surface area contributed by atoms with Gasteiger partial charge < -0.3 is 5.32 Å². The number of anilines is 1. The molecule has 1 amide bonds. The Morgan fingerprint density at radius 2 is 1.70 bits per heavy atom. The minimum atomic E-state index is -3.73. The number of hydrogen-bond acceptors (Lipinski definition) is 4. The first kappa shape index (κ1) is 20.6. The van der Waals surface area contributed by atoms with Crippen molar-refractivity contribution in [3.05, 3.63) is 82.2 Å². The Balaban J connectivity index is 1.70. The molecule has 3 aromatic rings. The molecule has 0 unspecified atom stereocenters. The first-order valence-electron chi connectivity index (χ1n) is 9.95. The van der Waals surface area contributed by atoms with E-state index in [-0.39, 0.29) is 15.7 Å². The summed E-state index contributed by atoms with van der Waals surface area (Å²) in [6.07, 6.45) is 6.74. The molecule has 0 saturated heterocycles. The summed E-state index contributed by atoms with van der Waals surface area (Å²) in [7, 11) is -3.73. The molecule has 0 spiro atoms. The minimum Gasteiger partial charge on any atom is -0.313 e. The van der Waals surface area contributed by atoms with E-state index in [2.05, 4.69) is 5.32 Å². The molecule has 4 nitrogen and oxygen atoms in total. The zero-order valence-electron chi connectivity index (χ0n) is 16.7. The Kier molecular flexibility index (Phi) is 5.88. The van der Waals surface area contributed by atoms with Gasteiger partial charge in [-0.15, -0.1) is 11.3 Å². The molecule has 6 heteroatoms. The van der Waals surface area contributed by atoms with Gasteiger partial charge >= 0.3 is 0 Å². The standard InChI is InChI=1S/C24H23NO3S2/c1-17-11-14-19(15-12-17)30(27,28)23-20-9-5-6-10-21(20)29-24(23)25-22(26)16-13-18-7-3-2-4-8-18/h2-4,7-8,11-16H,5-6,9-10H2,1H3,(H,25,26)/b16-13+. The zero-order chi connectivity index (χ0) is 21.1. The Morgan fingerprint density at radius 1 is 1.00 bits per heavy atom. The van der Waals surface area contributed by atoms with Gasteiger partial charge in [-0.25, -0.2) is 8.42 Å². The quantitative estimate of drug-likeness (QED) is 0.542. The zero-order valence-corrected chi connectivity index (χ0v) is 18.4. The first-order chi connectivity index (χ1) is 14.4. The van der Waals surface area contributed by atoms with E-state index >= 15 is 0 Å². The van der Waals surface area contributed by atoms with E-state index in [4.69, 9.17) is 0 Å². The third kappa shape index (κ3) is 4.25. The molecule has 1 N–H and O–H groups in total. The first-order valence-corrected chi connectivity index (χ1v) is 12.3. The number of aryl methyl sites for hydroxylation is 2. The highest BCUT2D eigenvalue weighted by Gasteiger charge is 2.31. The van der Waals surface area contributed by atoms with E-state index in [0.29, 0.717) is 5.00 Å². The van der Waals surface area contributed by atoms with Crippen molar-refractivity contribution in [3.63, 3.8) is 0 Å². The van der Waals surface area contributed by atoms with Crippen LogP contribution in [0.3, 0.4) is 0 Å². The number of sulfone groups is 1. The highest BCUT2D eigenvalue weighted by molar-refractivity contribution is 7.92. The number of fused-ring (bicyclic) bond motifs is 1. The molecule has 0 fully saturated rings. The van der Waals surface area contributed by atoms with Gasteiger partial charge in [-0.2, -0.15) is 0 Å². The molecule has 0 aliphatic heterocycles. The van der Waals surface area contributed by atoms with Crippen molar-refractivity contribution in [3.8, 4) is 0 Å². The average molecular weight is 438 g/mol. The van der Waals surface area contributed by atoms with Crippen LogP contribution in [0.4, 0.5) is 5.00 Å². The molecule has 0 radical (unpaired) electrons. The molecule has 1 aliphatic rings. The van der Waals surface area contributed by atoms with Gasteiger partial charge in [0.25, 0.3) is 0 Å². The van der Waals surface area contributed by atoms with Crippen LogP contribution in [-0.2, 0) is 27.5 Å². The fourth-order valence-electron chi connectivity index (χ4n) is 3.63. The number of carbonyl (C=O) groups excluding carboxylic acids is 1. The van der Waals surface area contributed by atoms with Gasteiger partial charge in [-0.05, 0) is 61.9 Å². The van der Waals surface area contributed by atoms with E-state index in [1.165, 1.54) is 17.4 Å². The van der Waals surface area contributed by atoms with Crippen molar-refractivity contribution in [2.24, 2.45) is 0 Å². The topological polar surface area (TPSA) is 63.2 Å². The van der Waals surface area contributed by atoms with Crippen LogP contribution in [0.15, 0.2) is 70.5 Å². The molecular weight excluding hydrogens is 414 g/mol. The van der Waals surface area contributed by atoms with Crippen LogP contribution in [0.1, 0.15) is 34.4 Å². The summed E-state index contributed by atoms with van der Waals surface area (Å²) in [6, 6.07) is 16.4. The summed E-state index contributed by atoms with van der Waals surface area (Å²) in [5.74, 6) is -0.335. The number of rotatable bonds is 5. The largest absolute Gasteiger partial charge is 0.313 e. The van der Waals surface area contributed by atoms with Crippen molar-refractivity contribution in [2.75, 3.05) is 5.32 Å². The Bertz CT molecular complexity index is 1190. The number of nitrogens with one attached hydrogen (secondary N) is 1. The fourth-order valence-corrected chi connectivity index (χ4v) is 6.91. The minimum absolute atomic E-state index is 0.259. The van der Waals surface area contributed by atoms with Crippen molar-refractivity contribution in [1.29, 1.82) is 0 Å². The summed E-state index contributed by atoms with van der Waals surface area (Å²) < 4.78 is 27.0.